The highest BCUT2D eigenvalue weighted by atomic mass is 16.6. The van der Waals surface area contributed by atoms with Gasteiger partial charge in [0.15, 0.2) is 5.89 Å². The lowest BCUT2D eigenvalue weighted by Gasteiger charge is -2.05. The molecular formula is C12H11N3O5. The predicted octanol–water partition coefficient (Wildman–Crippen LogP) is 2.16. The summed E-state index contributed by atoms with van der Waals surface area (Å²) in [6.45, 7) is 3.19. The van der Waals surface area contributed by atoms with E-state index in [1.807, 2.05) is 0 Å². The number of phenols is 1. The number of non-ortho nitro benzene ring substituents is 1. The van der Waals surface area contributed by atoms with Crippen molar-refractivity contribution in [2.24, 2.45) is 0 Å². The molecule has 0 aliphatic heterocycles. The first-order valence-electron chi connectivity index (χ1n) is 5.61. The number of carbonyl (C=O) groups is 1. The van der Waals surface area contributed by atoms with Gasteiger partial charge in [0, 0.05) is 19.1 Å². The second kappa shape index (κ2) is 5.00. The van der Waals surface area contributed by atoms with Crippen LogP contribution in [-0.2, 0) is 0 Å². The van der Waals surface area contributed by atoms with Crippen molar-refractivity contribution in [3.05, 3.63) is 45.7 Å². The summed E-state index contributed by atoms with van der Waals surface area (Å²) in [6.07, 6.45) is 0. The molecule has 2 N–H and O–H groups in total. The number of oxazole rings is 1. The molecule has 0 saturated heterocycles. The van der Waals surface area contributed by atoms with E-state index in [2.05, 4.69) is 10.3 Å². The number of aromatic hydroxyl groups is 1. The van der Waals surface area contributed by atoms with Gasteiger partial charge in [0.1, 0.15) is 5.75 Å². The fraction of sp³-hybridized carbons (Fsp3) is 0.167. The number of nitrogens with zero attached hydrogens (tertiary/aromatic N) is 2. The molecule has 0 fully saturated rings. The lowest BCUT2D eigenvalue weighted by Crippen LogP contribution is -2.12. The van der Waals surface area contributed by atoms with Gasteiger partial charge in [0.25, 0.3) is 11.6 Å². The SMILES string of the molecule is Cc1nc(C)c(C(=O)Nc2cc([N+](=O)[O-])ccc2O)o1. The van der Waals surface area contributed by atoms with Gasteiger partial charge in [-0.3, -0.25) is 14.9 Å². The number of nitro benzene ring substituents is 1. The number of anilines is 1. The number of aryl methyl sites for hydroxylation is 2. The van der Waals surface area contributed by atoms with E-state index in [0.717, 1.165) is 18.2 Å². The summed E-state index contributed by atoms with van der Waals surface area (Å²) < 4.78 is 5.13. The van der Waals surface area contributed by atoms with Gasteiger partial charge in [0.2, 0.25) is 5.76 Å². The lowest BCUT2D eigenvalue weighted by atomic mass is 10.2. The number of hydrogen-bond acceptors (Lipinski definition) is 6. The molecule has 1 aromatic carbocycles. The van der Waals surface area contributed by atoms with Crippen LogP contribution >= 0.6 is 0 Å². The van der Waals surface area contributed by atoms with Crippen molar-refractivity contribution in [1.82, 2.24) is 4.98 Å². The molecule has 1 heterocycles. The fourth-order valence-corrected chi connectivity index (χ4v) is 1.66. The van der Waals surface area contributed by atoms with Gasteiger partial charge >= 0.3 is 0 Å². The van der Waals surface area contributed by atoms with Crippen LogP contribution in [-0.4, -0.2) is 20.9 Å². The molecular weight excluding hydrogens is 266 g/mol. The third-order valence-corrected chi connectivity index (χ3v) is 2.55. The highest BCUT2D eigenvalue weighted by Gasteiger charge is 2.18. The zero-order valence-electron chi connectivity index (χ0n) is 10.7. The Kier molecular flexibility index (Phi) is 3.38. The summed E-state index contributed by atoms with van der Waals surface area (Å²) in [6, 6.07) is 3.33. The van der Waals surface area contributed by atoms with Crippen LogP contribution in [0.15, 0.2) is 22.6 Å². The molecule has 104 valence electrons. The molecule has 1 amide bonds. The summed E-state index contributed by atoms with van der Waals surface area (Å²) in [5, 5.41) is 22.6. The topological polar surface area (TPSA) is 118 Å². The molecule has 0 aliphatic rings. The normalized spacial score (nSPS) is 10.3. The number of benzene rings is 1. The van der Waals surface area contributed by atoms with Gasteiger partial charge in [-0.25, -0.2) is 4.98 Å². The Morgan fingerprint density at radius 2 is 2.15 bits per heavy atom. The maximum Gasteiger partial charge on any atom is 0.293 e. The number of rotatable bonds is 3. The molecule has 0 saturated carbocycles. The summed E-state index contributed by atoms with van der Waals surface area (Å²) in [4.78, 5) is 25.9. The summed E-state index contributed by atoms with van der Waals surface area (Å²) in [5.74, 6) is -0.596. The zero-order chi connectivity index (χ0) is 14.9. The molecule has 2 rings (SSSR count). The van der Waals surface area contributed by atoms with Gasteiger partial charge < -0.3 is 14.8 Å². The van der Waals surface area contributed by atoms with E-state index in [1.54, 1.807) is 13.8 Å². The molecule has 8 nitrogen and oxygen atoms in total. The van der Waals surface area contributed by atoms with E-state index in [9.17, 15) is 20.0 Å². The van der Waals surface area contributed by atoms with Crippen molar-refractivity contribution in [3.63, 3.8) is 0 Å². The van der Waals surface area contributed by atoms with Gasteiger partial charge in [-0.05, 0) is 13.0 Å². The smallest absolute Gasteiger partial charge is 0.293 e. The van der Waals surface area contributed by atoms with Crippen LogP contribution in [0.4, 0.5) is 11.4 Å². The van der Waals surface area contributed by atoms with Gasteiger partial charge in [-0.15, -0.1) is 0 Å². The average molecular weight is 277 g/mol. The third kappa shape index (κ3) is 2.58. The minimum Gasteiger partial charge on any atom is -0.506 e. The highest BCUT2D eigenvalue weighted by Crippen LogP contribution is 2.28. The zero-order valence-corrected chi connectivity index (χ0v) is 10.7. The van der Waals surface area contributed by atoms with Crippen LogP contribution in [0, 0.1) is 24.0 Å². The third-order valence-electron chi connectivity index (χ3n) is 2.55. The van der Waals surface area contributed by atoms with Gasteiger partial charge in [0.05, 0.1) is 16.3 Å². The molecule has 0 unspecified atom stereocenters. The number of carbonyl (C=O) groups excluding carboxylic acids is 1. The maximum absolute atomic E-state index is 12.0. The van der Waals surface area contributed by atoms with E-state index >= 15 is 0 Å². The quantitative estimate of drug-likeness (QED) is 0.504. The second-order valence-electron chi connectivity index (χ2n) is 4.06. The van der Waals surface area contributed by atoms with E-state index in [1.165, 1.54) is 0 Å². The molecule has 8 heteroatoms. The van der Waals surface area contributed by atoms with Crippen LogP contribution in [0.1, 0.15) is 22.1 Å². The molecule has 20 heavy (non-hydrogen) atoms. The van der Waals surface area contributed by atoms with Crippen LogP contribution < -0.4 is 5.32 Å². The van der Waals surface area contributed by atoms with Crippen molar-refractivity contribution in [3.8, 4) is 5.75 Å². The average Bonchev–Trinajstić information content (AvgIpc) is 2.71. The predicted molar refractivity (Wildman–Crippen MR) is 68.7 cm³/mol. The Labute approximate surface area is 113 Å². The standard InChI is InChI=1S/C12H11N3O5/c1-6-11(20-7(2)13-6)12(17)14-9-5-8(15(18)19)3-4-10(9)16/h3-5,16H,1-2H3,(H,14,17). The van der Waals surface area contributed by atoms with Crippen LogP contribution in [0.25, 0.3) is 0 Å². The second-order valence-corrected chi connectivity index (χ2v) is 4.06. The molecule has 0 aliphatic carbocycles. The maximum atomic E-state index is 12.0. The molecule has 0 bridgehead atoms. The van der Waals surface area contributed by atoms with Crippen molar-refractivity contribution >= 4 is 17.3 Å². The largest absolute Gasteiger partial charge is 0.506 e. The first kappa shape index (κ1) is 13.5. The number of nitro groups is 1. The Morgan fingerprint density at radius 1 is 1.45 bits per heavy atom. The number of hydrogen-bond donors (Lipinski definition) is 2. The Balaban J connectivity index is 2.30. The molecule has 1 aromatic heterocycles. The number of aromatic nitrogens is 1. The highest BCUT2D eigenvalue weighted by molar-refractivity contribution is 6.03. The van der Waals surface area contributed by atoms with E-state index in [-0.39, 0.29) is 22.9 Å². The summed E-state index contributed by atoms with van der Waals surface area (Å²) in [7, 11) is 0. The van der Waals surface area contributed by atoms with Gasteiger partial charge in [-0.2, -0.15) is 0 Å². The summed E-state index contributed by atoms with van der Waals surface area (Å²) >= 11 is 0. The Bertz CT molecular complexity index is 692. The van der Waals surface area contributed by atoms with Crippen molar-refractivity contribution in [2.45, 2.75) is 13.8 Å². The number of phenolic OH excluding ortho intramolecular Hbond substituents is 1. The minimum atomic E-state index is -0.640. The minimum absolute atomic E-state index is 0.00611. The first-order chi connectivity index (χ1) is 9.38. The fourth-order valence-electron chi connectivity index (χ4n) is 1.66. The van der Waals surface area contributed by atoms with Crippen molar-refractivity contribution in [1.29, 1.82) is 0 Å². The molecule has 0 radical (unpaired) electrons. The molecule has 0 spiro atoms. The Morgan fingerprint density at radius 3 is 2.70 bits per heavy atom. The first-order valence-corrected chi connectivity index (χ1v) is 5.61. The van der Waals surface area contributed by atoms with Gasteiger partial charge in [-0.1, -0.05) is 0 Å². The summed E-state index contributed by atoms with van der Waals surface area (Å²) in [5.41, 5.74) is 0.0751. The number of amides is 1. The molecule has 0 atom stereocenters. The van der Waals surface area contributed by atoms with E-state index in [0.29, 0.717) is 11.6 Å². The van der Waals surface area contributed by atoms with E-state index in [4.69, 9.17) is 4.42 Å². The molecule has 2 aromatic rings. The van der Waals surface area contributed by atoms with E-state index < -0.39 is 10.8 Å². The van der Waals surface area contributed by atoms with Crippen molar-refractivity contribution in [2.75, 3.05) is 5.32 Å². The lowest BCUT2D eigenvalue weighted by molar-refractivity contribution is -0.384. The monoisotopic (exact) mass is 277 g/mol. The van der Waals surface area contributed by atoms with Crippen LogP contribution in [0.5, 0.6) is 5.75 Å². The van der Waals surface area contributed by atoms with Crippen molar-refractivity contribution < 1.29 is 19.2 Å². The Hall–Kier alpha value is -2.90. The van der Waals surface area contributed by atoms with Crippen LogP contribution in [0.3, 0.4) is 0 Å². The van der Waals surface area contributed by atoms with Crippen LogP contribution in [0.2, 0.25) is 0 Å². The number of nitrogens with one attached hydrogen (secondary N) is 1.